The van der Waals surface area contributed by atoms with Crippen LogP contribution in [-0.4, -0.2) is 41.3 Å². The third-order valence-corrected chi connectivity index (χ3v) is 6.62. The molecule has 2 aromatic rings. The molecule has 1 saturated carbocycles. The van der Waals surface area contributed by atoms with Crippen LogP contribution >= 0.6 is 23.2 Å². The summed E-state index contributed by atoms with van der Waals surface area (Å²) >= 11 is 12.4. The molecule has 2 aliphatic rings. The normalized spacial score (nSPS) is 19.8. The number of fused-ring (bicyclic) bond motifs is 1. The van der Waals surface area contributed by atoms with Gasteiger partial charge in [-0.15, -0.1) is 0 Å². The fourth-order valence-corrected chi connectivity index (χ4v) is 4.42. The minimum absolute atomic E-state index is 0.0986. The molecule has 0 spiro atoms. The summed E-state index contributed by atoms with van der Waals surface area (Å²) in [5, 5.41) is 19.2. The van der Waals surface area contributed by atoms with Crippen molar-refractivity contribution in [1.82, 2.24) is 20.9 Å². The van der Waals surface area contributed by atoms with E-state index in [0.717, 1.165) is 12.8 Å². The van der Waals surface area contributed by atoms with Crippen molar-refractivity contribution < 1.29 is 14.4 Å². The van der Waals surface area contributed by atoms with Gasteiger partial charge in [0, 0.05) is 17.8 Å². The molecule has 4 N–H and O–H groups in total. The van der Waals surface area contributed by atoms with Crippen molar-refractivity contribution in [1.29, 1.82) is 5.26 Å². The van der Waals surface area contributed by atoms with Crippen LogP contribution in [0.15, 0.2) is 18.2 Å². The molecule has 2 fully saturated rings. The van der Waals surface area contributed by atoms with Crippen LogP contribution in [0.4, 0.5) is 0 Å². The molecule has 10 heteroatoms. The molecule has 1 aliphatic carbocycles. The lowest BCUT2D eigenvalue weighted by Gasteiger charge is -2.21. The number of carbonyl (C=O) groups is 3. The topological polar surface area (TPSA) is 127 Å². The fourth-order valence-electron chi connectivity index (χ4n) is 4.00. The number of rotatable bonds is 8. The van der Waals surface area contributed by atoms with Crippen LogP contribution in [0, 0.1) is 23.2 Å². The lowest BCUT2D eigenvalue weighted by atomic mass is 9.98. The second-order valence-corrected chi connectivity index (χ2v) is 9.22. The molecule has 8 nitrogen and oxygen atoms in total. The number of nitriles is 1. The zero-order valence-corrected chi connectivity index (χ0v) is 18.7. The van der Waals surface area contributed by atoms with Gasteiger partial charge in [0.1, 0.15) is 17.8 Å². The van der Waals surface area contributed by atoms with Crippen LogP contribution in [-0.2, 0) is 9.59 Å². The van der Waals surface area contributed by atoms with Crippen LogP contribution in [0.1, 0.15) is 42.6 Å². The monoisotopic (exact) mass is 475 g/mol. The van der Waals surface area contributed by atoms with Gasteiger partial charge in [-0.2, -0.15) is 5.26 Å². The fraction of sp³-hybridized carbons (Fsp3) is 0.455. The van der Waals surface area contributed by atoms with Gasteiger partial charge >= 0.3 is 0 Å². The first-order chi connectivity index (χ1) is 15.4. The lowest BCUT2D eigenvalue weighted by molar-refractivity contribution is -0.125. The largest absolute Gasteiger partial charge is 0.356 e. The van der Waals surface area contributed by atoms with Gasteiger partial charge in [0.2, 0.25) is 11.8 Å². The summed E-state index contributed by atoms with van der Waals surface area (Å²) in [4.78, 5) is 40.6. The second-order valence-electron chi connectivity index (χ2n) is 8.41. The average molecular weight is 476 g/mol. The molecule has 3 atom stereocenters. The van der Waals surface area contributed by atoms with E-state index in [9.17, 15) is 19.6 Å². The molecule has 1 unspecified atom stereocenters. The van der Waals surface area contributed by atoms with E-state index in [1.165, 1.54) is 0 Å². The molecular weight excluding hydrogens is 453 g/mol. The van der Waals surface area contributed by atoms with Crippen molar-refractivity contribution in [3.8, 4) is 6.07 Å². The highest BCUT2D eigenvalue weighted by atomic mass is 35.5. The van der Waals surface area contributed by atoms with Gasteiger partial charge in [0.25, 0.3) is 5.91 Å². The number of H-pyrrole nitrogens is 1. The van der Waals surface area contributed by atoms with Crippen molar-refractivity contribution in [2.24, 2.45) is 11.8 Å². The predicted molar refractivity (Wildman–Crippen MR) is 120 cm³/mol. The maximum atomic E-state index is 12.9. The average Bonchev–Trinajstić information content (AvgIpc) is 3.31. The van der Waals surface area contributed by atoms with Gasteiger partial charge in [-0.3, -0.25) is 14.4 Å². The van der Waals surface area contributed by atoms with Gasteiger partial charge in [0.05, 0.1) is 21.6 Å². The second kappa shape index (κ2) is 9.39. The molecule has 3 amide bonds. The minimum Gasteiger partial charge on any atom is -0.356 e. The van der Waals surface area contributed by atoms with E-state index in [1.54, 1.807) is 18.2 Å². The molecule has 168 valence electrons. The summed E-state index contributed by atoms with van der Waals surface area (Å²) in [6, 6.07) is 5.35. The van der Waals surface area contributed by atoms with E-state index >= 15 is 0 Å². The Morgan fingerprint density at radius 3 is 2.53 bits per heavy atom. The van der Waals surface area contributed by atoms with Crippen LogP contribution in [0.2, 0.25) is 10.0 Å². The molecule has 0 radical (unpaired) electrons. The number of benzene rings is 1. The Bertz CT molecular complexity index is 1070. The maximum absolute atomic E-state index is 12.9. The Hall–Kier alpha value is -2.76. The van der Waals surface area contributed by atoms with Crippen molar-refractivity contribution in [3.05, 3.63) is 33.9 Å². The first-order valence-corrected chi connectivity index (χ1v) is 11.4. The number of carbonyl (C=O) groups excluding carboxylic acids is 3. The first-order valence-electron chi connectivity index (χ1n) is 10.6. The highest BCUT2D eigenvalue weighted by molar-refractivity contribution is 6.40. The summed E-state index contributed by atoms with van der Waals surface area (Å²) in [7, 11) is 0. The standard InChI is InChI=1S/C22H23Cl2N5O3/c23-15-3-4-16(24)19-14(15)9-18(28-19)22(32)29-17(7-11-1-2-11)21(31)27-13(10-25)8-12-5-6-26-20(12)30/h3-4,9,11-13,17,28H,1-2,5-8H2,(H,26,30)(H,27,31)(H,29,32)/t12?,13-,17-/m0/s1. The number of nitrogens with zero attached hydrogens (tertiary/aromatic N) is 1. The quantitative estimate of drug-likeness (QED) is 0.467. The summed E-state index contributed by atoms with van der Waals surface area (Å²) in [6.45, 7) is 0.578. The number of hydrogen-bond acceptors (Lipinski definition) is 4. The Morgan fingerprint density at radius 2 is 1.91 bits per heavy atom. The molecule has 1 aromatic heterocycles. The molecule has 4 rings (SSSR count). The number of amides is 3. The van der Waals surface area contributed by atoms with Crippen molar-refractivity contribution in [2.45, 2.75) is 44.2 Å². The zero-order valence-electron chi connectivity index (χ0n) is 17.2. The van der Waals surface area contributed by atoms with Crippen LogP contribution in [0.3, 0.4) is 0 Å². The summed E-state index contributed by atoms with van der Waals surface area (Å²) in [5.74, 6) is -0.922. The van der Waals surface area contributed by atoms with E-state index < -0.39 is 23.9 Å². The predicted octanol–water partition coefficient (Wildman–Crippen LogP) is 2.91. The summed E-state index contributed by atoms with van der Waals surface area (Å²) in [6.07, 6.45) is 3.38. The van der Waals surface area contributed by atoms with Crippen molar-refractivity contribution in [2.75, 3.05) is 6.54 Å². The van der Waals surface area contributed by atoms with E-state index in [-0.39, 0.29) is 23.9 Å². The van der Waals surface area contributed by atoms with E-state index in [2.05, 4.69) is 27.0 Å². The molecule has 0 bridgehead atoms. The Labute approximate surface area is 195 Å². The Morgan fingerprint density at radius 1 is 1.16 bits per heavy atom. The number of hydrogen-bond donors (Lipinski definition) is 4. The third kappa shape index (κ3) is 5.00. The number of aromatic amines is 1. The molecule has 1 aliphatic heterocycles. The molecule has 2 heterocycles. The van der Waals surface area contributed by atoms with E-state index in [1.807, 2.05) is 0 Å². The maximum Gasteiger partial charge on any atom is 0.268 e. The summed E-state index contributed by atoms with van der Waals surface area (Å²) < 4.78 is 0. The smallest absolute Gasteiger partial charge is 0.268 e. The SMILES string of the molecule is N#C[C@H](CC1CCNC1=O)NC(=O)[C@H](CC1CC1)NC(=O)c1cc2c(Cl)ccc(Cl)c2[nH]1. The molecular formula is C22H23Cl2N5O3. The van der Waals surface area contributed by atoms with Crippen LogP contribution in [0.25, 0.3) is 10.9 Å². The van der Waals surface area contributed by atoms with Gasteiger partial charge in [-0.05, 0) is 43.4 Å². The highest BCUT2D eigenvalue weighted by Gasteiger charge is 2.33. The Balaban J connectivity index is 1.45. The van der Waals surface area contributed by atoms with Crippen LogP contribution < -0.4 is 16.0 Å². The van der Waals surface area contributed by atoms with Gasteiger partial charge < -0.3 is 20.9 Å². The van der Waals surface area contributed by atoms with Crippen LogP contribution in [0.5, 0.6) is 0 Å². The van der Waals surface area contributed by atoms with Crippen molar-refractivity contribution >= 4 is 51.8 Å². The van der Waals surface area contributed by atoms with Gasteiger partial charge in [-0.25, -0.2) is 0 Å². The minimum atomic E-state index is -0.805. The number of halogens is 2. The first kappa shape index (κ1) is 22.4. The summed E-state index contributed by atoms with van der Waals surface area (Å²) in [5.41, 5.74) is 0.787. The van der Waals surface area contributed by atoms with E-state index in [4.69, 9.17) is 23.2 Å². The number of aromatic nitrogens is 1. The number of nitrogens with one attached hydrogen (secondary N) is 4. The Kier molecular flexibility index (Phi) is 6.58. The zero-order chi connectivity index (χ0) is 22.8. The highest BCUT2D eigenvalue weighted by Crippen LogP contribution is 2.34. The third-order valence-electron chi connectivity index (χ3n) is 5.98. The lowest BCUT2D eigenvalue weighted by Crippen LogP contribution is -2.50. The van der Waals surface area contributed by atoms with Crippen molar-refractivity contribution in [3.63, 3.8) is 0 Å². The van der Waals surface area contributed by atoms with E-state index in [0.29, 0.717) is 46.3 Å². The molecule has 1 saturated heterocycles. The van der Waals surface area contributed by atoms with Gasteiger partial charge in [0.15, 0.2) is 0 Å². The molecule has 1 aromatic carbocycles. The van der Waals surface area contributed by atoms with Gasteiger partial charge in [-0.1, -0.05) is 36.0 Å². The molecule has 32 heavy (non-hydrogen) atoms.